The molecule has 0 amide bonds. The van der Waals surface area contributed by atoms with Gasteiger partial charge in [-0.15, -0.1) is 0 Å². The summed E-state index contributed by atoms with van der Waals surface area (Å²) in [5, 5.41) is 27.6. The normalized spacial score (nSPS) is 18.7. The van der Waals surface area contributed by atoms with Crippen LogP contribution in [0, 0.1) is 42.3 Å². The van der Waals surface area contributed by atoms with E-state index in [9.17, 15) is 29.4 Å². The zero-order chi connectivity index (χ0) is 23.6. The first-order valence-electron chi connectivity index (χ1n) is 10.4. The Balaban J connectivity index is 0.00000961. The number of carbonyl (C=O) groups excluding carboxylic acids is 1. The third-order valence-electron chi connectivity index (χ3n) is 5.21. The van der Waals surface area contributed by atoms with Gasteiger partial charge in [0, 0.05) is 94.6 Å². The first-order chi connectivity index (χ1) is 14.4. The van der Waals surface area contributed by atoms with Gasteiger partial charge in [-0.05, 0) is 0 Å². The molecule has 193 valence electrons. The number of carbonyl (C=O) groups is 4. The predicted octanol–water partition coefficient (Wildman–Crippen LogP) is -0.923. The molecule has 1 heterocycles. The summed E-state index contributed by atoms with van der Waals surface area (Å²) in [7, 11) is 0. The van der Waals surface area contributed by atoms with Crippen molar-refractivity contribution in [2.45, 2.75) is 20.8 Å². The molecule has 32 heavy (non-hydrogen) atoms. The molecule has 3 N–H and O–H groups in total. The molecule has 0 aromatic heterocycles. The van der Waals surface area contributed by atoms with Crippen LogP contribution in [0.3, 0.4) is 0 Å². The second kappa shape index (κ2) is 15.1. The number of hydrogen-bond donors (Lipinski definition) is 3. The standard InChI is InChI=1S/C20H36N4O7.Lu/c1-20(2,3)16(25)12-21-4-6-22(13-17(26)27)8-10-24(15-19(30)31)11-9-23(7-5-21)14-18(28)29;/h4-15H2,1-3H3,(H,26,27)(H,28,29)(H,30,31);. The maximum Gasteiger partial charge on any atom is 0.317 e. The minimum atomic E-state index is -0.992. The maximum absolute atomic E-state index is 12.6. The van der Waals surface area contributed by atoms with Crippen LogP contribution in [0.25, 0.3) is 0 Å². The van der Waals surface area contributed by atoms with Crippen molar-refractivity contribution in [1.29, 1.82) is 0 Å². The summed E-state index contributed by atoms with van der Waals surface area (Å²) in [6.45, 7) is 8.33. The van der Waals surface area contributed by atoms with Crippen molar-refractivity contribution >= 4 is 23.7 Å². The van der Waals surface area contributed by atoms with Gasteiger partial charge in [-0.25, -0.2) is 0 Å². The summed E-state index contributed by atoms with van der Waals surface area (Å²) in [6, 6.07) is 0. The second-order valence-electron chi connectivity index (χ2n) is 8.96. The summed E-state index contributed by atoms with van der Waals surface area (Å²) in [5.74, 6) is -2.88. The Morgan fingerprint density at radius 3 is 0.969 bits per heavy atom. The van der Waals surface area contributed by atoms with E-state index >= 15 is 0 Å². The number of rotatable bonds is 8. The molecule has 11 nitrogen and oxygen atoms in total. The van der Waals surface area contributed by atoms with Gasteiger partial charge in [0.25, 0.3) is 0 Å². The monoisotopic (exact) mass is 619 g/mol. The number of carboxylic acids is 3. The van der Waals surface area contributed by atoms with Crippen molar-refractivity contribution in [2.75, 3.05) is 78.5 Å². The summed E-state index contributed by atoms with van der Waals surface area (Å²) in [5.41, 5.74) is -0.511. The number of carboxylic acid groups (broad SMARTS) is 3. The van der Waals surface area contributed by atoms with Crippen LogP contribution in [0.4, 0.5) is 0 Å². The van der Waals surface area contributed by atoms with E-state index in [1.54, 1.807) is 14.7 Å². The Morgan fingerprint density at radius 1 is 0.562 bits per heavy atom. The molecule has 1 aliphatic rings. The van der Waals surface area contributed by atoms with Gasteiger partial charge >= 0.3 is 17.9 Å². The summed E-state index contributed by atoms with van der Waals surface area (Å²) in [6.07, 6.45) is 0. The molecule has 1 fully saturated rings. The molecular weight excluding hydrogens is 583 g/mol. The number of nitrogens with zero attached hydrogens (tertiary/aromatic N) is 4. The van der Waals surface area contributed by atoms with Crippen LogP contribution >= 0.6 is 0 Å². The molecule has 1 rings (SSSR count). The van der Waals surface area contributed by atoms with E-state index in [-0.39, 0.29) is 68.8 Å². The maximum atomic E-state index is 12.6. The van der Waals surface area contributed by atoms with E-state index in [2.05, 4.69) is 0 Å². The van der Waals surface area contributed by atoms with E-state index in [0.717, 1.165) is 0 Å². The van der Waals surface area contributed by atoms with Gasteiger partial charge in [-0.1, -0.05) is 20.8 Å². The van der Waals surface area contributed by atoms with Crippen LogP contribution in [-0.2, 0) is 19.2 Å². The van der Waals surface area contributed by atoms with Crippen molar-refractivity contribution in [3.05, 3.63) is 0 Å². The summed E-state index contributed by atoms with van der Waals surface area (Å²) >= 11 is 0. The SMILES string of the molecule is CC(C)(C)C(=O)CN1CCN(CC(=O)O)CCN(CC(=O)O)CCN(CC(=O)O)CC1.[Lu]. The van der Waals surface area contributed by atoms with Crippen LogP contribution in [0.5, 0.6) is 0 Å². The molecule has 0 unspecified atom stereocenters. The van der Waals surface area contributed by atoms with Crippen molar-refractivity contribution in [1.82, 2.24) is 19.6 Å². The molecule has 1 radical (unpaired) electrons. The van der Waals surface area contributed by atoms with Crippen LogP contribution in [0.1, 0.15) is 20.8 Å². The Labute approximate surface area is 218 Å². The average Bonchev–Trinajstić information content (AvgIpc) is 2.61. The average molecular weight is 619 g/mol. The molecule has 0 aliphatic carbocycles. The van der Waals surface area contributed by atoms with Gasteiger partial charge in [-0.3, -0.25) is 38.8 Å². The molecule has 0 aromatic carbocycles. The smallest absolute Gasteiger partial charge is 0.317 e. The summed E-state index contributed by atoms with van der Waals surface area (Å²) < 4.78 is 0. The first kappa shape index (κ1) is 31.2. The van der Waals surface area contributed by atoms with Crippen LogP contribution in [-0.4, -0.2) is 137 Å². The Hall–Kier alpha value is -0.846. The Morgan fingerprint density at radius 2 is 0.781 bits per heavy atom. The molecule has 0 saturated carbocycles. The number of Topliss-reactive ketones (excluding diaryl/α,β-unsaturated/α-hetero) is 1. The molecule has 0 atom stereocenters. The van der Waals surface area contributed by atoms with Gasteiger partial charge in [0.1, 0.15) is 0 Å². The van der Waals surface area contributed by atoms with E-state index in [1.165, 1.54) is 0 Å². The van der Waals surface area contributed by atoms with Gasteiger partial charge < -0.3 is 15.3 Å². The molecular formula is C20H36LuN4O7. The fourth-order valence-electron chi connectivity index (χ4n) is 3.23. The van der Waals surface area contributed by atoms with E-state index < -0.39 is 23.3 Å². The largest absolute Gasteiger partial charge is 0.480 e. The van der Waals surface area contributed by atoms with Crippen LogP contribution in [0.15, 0.2) is 0 Å². The van der Waals surface area contributed by atoms with Gasteiger partial charge in [-0.2, -0.15) is 0 Å². The topological polar surface area (TPSA) is 142 Å². The van der Waals surface area contributed by atoms with Gasteiger partial charge in [0.05, 0.1) is 26.2 Å². The summed E-state index contributed by atoms with van der Waals surface area (Å²) in [4.78, 5) is 53.4. The molecule has 0 bridgehead atoms. The molecule has 1 aliphatic heterocycles. The zero-order valence-corrected chi connectivity index (χ0v) is 20.7. The Bertz CT molecular complexity index is 610. The zero-order valence-electron chi connectivity index (χ0n) is 19.0. The predicted molar refractivity (Wildman–Crippen MR) is 113 cm³/mol. The minimum Gasteiger partial charge on any atom is -0.480 e. The van der Waals surface area contributed by atoms with E-state index in [1.807, 2.05) is 25.7 Å². The third-order valence-corrected chi connectivity index (χ3v) is 5.21. The minimum absolute atomic E-state index is 0. The van der Waals surface area contributed by atoms with Crippen molar-refractivity contribution in [3.63, 3.8) is 0 Å². The quantitative estimate of drug-likeness (QED) is 0.311. The van der Waals surface area contributed by atoms with Gasteiger partial charge in [0.2, 0.25) is 0 Å². The van der Waals surface area contributed by atoms with E-state index in [0.29, 0.717) is 52.4 Å². The van der Waals surface area contributed by atoms with Gasteiger partial charge in [0.15, 0.2) is 5.78 Å². The fourth-order valence-corrected chi connectivity index (χ4v) is 3.23. The van der Waals surface area contributed by atoms with Crippen molar-refractivity contribution < 1.29 is 71.4 Å². The Kier molecular flexibility index (Phi) is 14.7. The first-order valence-corrected chi connectivity index (χ1v) is 10.4. The number of aliphatic carboxylic acids is 3. The number of hydrogen-bond acceptors (Lipinski definition) is 8. The second-order valence-corrected chi connectivity index (χ2v) is 8.96. The third kappa shape index (κ3) is 13.6. The molecule has 0 spiro atoms. The number of ketones is 1. The van der Waals surface area contributed by atoms with Crippen molar-refractivity contribution in [3.8, 4) is 0 Å². The molecule has 1 saturated heterocycles. The molecule has 0 aromatic rings. The van der Waals surface area contributed by atoms with Crippen molar-refractivity contribution in [2.24, 2.45) is 5.41 Å². The van der Waals surface area contributed by atoms with Crippen LogP contribution < -0.4 is 0 Å². The van der Waals surface area contributed by atoms with E-state index in [4.69, 9.17) is 5.11 Å². The fraction of sp³-hybridized carbons (Fsp3) is 0.800. The molecule has 12 heteroatoms. The van der Waals surface area contributed by atoms with Crippen LogP contribution in [0.2, 0.25) is 0 Å².